The lowest BCUT2D eigenvalue weighted by atomic mass is 9.69. The van der Waals surface area contributed by atoms with Crippen LogP contribution in [0.4, 0.5) is 37.9 Å². The lowest BCUT2D eigenvalue weighted by Gasteiger charge is -2.39. The molecule has 1 saturated heterocycles. The summed E-state index contributed by atoms with van der Waals surface area (Å²) in [5.74, 6) is 1.60. The van der Waals surface area contributed by atoms with E-state index in [4.69, 9.17) is 9.97 Å². The highest BCUT2D eigenvalue weighted by atomic mass is 19.2. The van der Waals surface area contributed by atoms with Crippen LogP contribution in [-0.4, -0.2) is 52.7 Å². The fourth-order valence-corrected chi connectivity index (χ4v) is 6.53. The second kappa shape index (κ2) is 7.36. The Balaban J connectivity index is 1.19. The van der Waals surface area contributed by atoms with E-state index in [0.717, 1.165) is 42.0 Å². The molecule has 1 aromatic carbocycles. The molecule has 1 saturated carbocycles. The molecular weight excluding hydrogens is 474 g/mol. The zero-order chi connectivity index (χ0) is 25.7. The molecule has 7 rings (SSSR count). The molecule has 3 aromatic rings. The van der Waals surface area contributed by atoms with Crippen LogP contribution in [-0.2, 0) is 5.41 Å². The minimum atomic E-state index is -0.874. The Morgan fingerprint density at radius 3 is 2.65 bits per heavy atom. The van der Waals surface area contributed by atoms with Gasteiger partial charge in [-0.05, 0) is 24.6 Å². The highest BCUT2D eigenvalue weighted by molar-refractivity contribution is 5.76. The monoisotopic (exact) mass is 502 g/mol. The number of aromatic nitrogens is 4. The number of halogens is 2. The van der Waals surface area contributed by atoms with Crippen molar-refractivity contribution in [3.63, 3.8) is 0 Å². The summed E-state index contributed by atoms with van der Waals surface area (Å²) in [6.07, 6.45) is 3.99. The molecule has 1 spiro atoms. The first kappa shape index (κ1) is 22.4. The first-order chi connectivity index (χ1) is 17.7. The van der Waals surface area contributed by atoms with Crippen molar-refractivity contribution in [1.29, 1.82) is 0 Å². The van der Waals surface area contributed by atoms with Crippen molar-refractivity contribution in [2.24, 2.45) is 11.3 Å². The van der Waals surface area contributed by atoms with Gasteiger partial charge in [0.05, 0.1) is 6.04 Å². The molecule has 8 nitrogen and oxygen atoms in total. The zero-order valence-electron chi connectivity index (χ0n) is 21.2. The summed E-state index contributed by atoms with van der Waals surface area (Å²) in [6.45, 7) is 8.61. The molecule has 10 heteroatoms. The molecule has 4 aliphatic rings. The fraction of sp³-hybridized carbons (Fsp3) is 0.407. The number of rotatable bonds is 5. The van der Waals surface area contributed by atoms with E-state index >= 15 is 0 Å². The van der Waals surface area contributed by atoms with E-state index in [0.29, 0.717) is 29.9 Å². The van der Waals surface area contributed by atoms with Crippen LogP contribution in [0.25, 0.3) is 0 Å². The molecule has 0 radical (unpaired) electrons. The van der Waals surface area contributed by atoms with Crippen LogP contribution in [0.3, 0.4) is 0 Å². The first-order valence-corrected chi connectivity index (χ1v) is 12.6. The number of benzene rings is 1. The highest BCUT2D eigenvalue weighted by Crippen LogP contribution is 2.68. The van der Waals surface area contributed by atoms with Gasteiger partial charge in [-0.25, -0.2) is 18.7 Å². The third-order valence-corrected chi connectivity index (χ3v) is 8.36. The van der Waals surface area contributed by atoms with Crippen LogP contribution in [0.2, 0.25) is 0 Å². The van der Waals surface area contributed by atoms with Crippen molar-refractivity contribution in [1.82, 2.24) is 19.9 Å². The Morgan fingerprint density at radius 2 is 1.89 bits per heavy atom. The maximum absolute atomic E-state index is 14.1. The fourth-order valence-electron chi connectivity index (χ4n) is 6.53. The molecule has 3 unspecified atom stereocenters. The average molecular weight is 503 g/mol. The SMILES string of the molecule is CNc1nc(NC2C3=CC34CN(c3cc(C)ncn3)CC24)nc2c1C(C)(C)CN2c1ccc(F)c(F)c1. The molecule has 0 bridgehead atoms. The molecule has 3 atom stereocenters. The summed E-state index contributed by atoms with van der Waals surface area (Å²) in [7, 11) is 1.85. The van der Waals surface area contributed by atoms with E-state index in [9.17, 15) is 8.78 Å². The number of nitrogens with one attached hydrogen (secondary N) is 2. The number of nitrogens with zero attached hydrogens (tertiary/aromatic N) is 6. The molecule has 2 N–H and O–H groups in total. The van der Waals surface area contributed by atoms with Gasteiger partial charge in [-0.3, -0.25) is 0 Å². The van der Waals surface area contributed by atoms with Gasteiger partial charge in [0.15, 0.2) is 11.6 Å². The summed E-state index contributed by atoms with van der Waals surface area (Å²) in [5.41, 5.74) is 3.75. The van der Waals surface area contributed by atoms with Crippen LogP contribution < -0.4 is 20.4 Å². The normalized spacial score (nSPS) is 26.2. The molecule has 2 aliphatic heterocycles. The number of anilines is 5. The van der Waals surface area contributed by atoms with E-state index in [-0.39, 0.29) is 16.9 Å². The molecule has 2 aliphatic carbocycles. The van der Waals surface area contributed by atoms with Gasteiger partial charge in [-0.1, -0.05) is 19.9 Å². The van der Waals surface area contributed by atoms with Crippen molar-refractivity contribution in [2.75, 3.05) is 47.1 Å². The molecule has 37 heavy (non-hydrogen) atoms. The van der Waals surface area contributed by atoms with Crippen LogP contribution in [0, 0.1) is 29.9 Å². The zero-order valence-corrected chi connectivity index (χ0v) is 21.2. The summed E-state index contributed by atoms with van der Waals surface area (Å²) >= 11 is 0. The summed E-state index contributed by atoms with van der Waals surface area (Å²) < 4.78 is 27.8. The Morgan fingerprint density at radius 1 is 1.05 bits per heavy atom. The Kier molecular flexibility index (Phi) is 4.45. The van der Waals surface area contributed by atoms with Crippen molar-refractivity contribution in [3.8, 4) is 0 Å². The molecule has 2 fully saturated rings. The van der Waals surface area contributed by atoms with Crippen LogP contribution >= 0.6 is 0 Å². The van der Waals surface area contributed by atoms with Gasteiger partial charge in [-0.2, -0.15) is 9.97 Å². The van der Waals surface area contributed by atoms with Crippen LogP contribution in [0.5, 0.6) is 0 Å². The number of hydrogen-bond acceptors (Lipinski definition) is 8. The molecule has 0 amide bonds. The lowest BCUT2D eigenvalue weighted by Crippen LogP contribution is -2.46. The predicted octanol–water partition coefficient (Wildman–Crippen LogP) is 4.18. The molecule has 4 heterocycles. The van der Waals surface area contributed by atoms with E-state index in [2.05, 4.69) is 45.4 Å². The maximum atomic E-state index is 14.1. The van der Waals surface area contributed by atoms with Gasteiger partial charge in [0, 0.05) is 72.5 Å². The van der Waals surface area contributed by atoms with Crippen molar-refractivity contribution >= 4 is 29.1 Å². The number of hydrogen-bond donors (Lipinski definition) is 2. The quantitative estimate of drug-likeness (QED) is 0.503. The highest BCUT2D eigenvalue weighted by Gasteiger charge is 2.70. The number of aryl methyl sites for hydroxylation is 1. The van der Waals surface area contributed by atoms with Gasteiger partial charge in [0.25, 0.3) is 0 Å². The lowest BCUT2D eigenvalue weighted by molar-refractivity contribution is 0.302. The van der Waals surface area contributed by atoms with Crippen LogP contribution in [0.1, 0.15) is 25.1 Å². The Hall–Kier alpha value is -3.82. The molecular formula is C27H28F2N8. The van der Waals surface area contributed by atoms with Gasteiger partial charge in [-0.15, -0.1) is 0 Å². The molecule has 190 valence electrons. The topological polar surface area (TPSA) is 82.1 Å². The van der Waals surface area contributed by atoms with E-state index in [1.54, 1.807) is 12.4 Å². The van der Waals surface area contributed by atoms with Crippen LogP contribution in [0.15, 0.2) is 42.2 Å². The van der Waals surface area contributed by atoms with Gasteiger partial charge < -0.3 is 20.4 Å². The van der Waals surface area contributed by atoms with Crippen molar-refractivity contribution in [3.05, 3.63) is 65.1 Å². The van der Waals surface area contributed by atoms with Gasteiger partial charge >= 0.3 is 0 Å². The van der Waals surface area contributed by atoms with Crippen molar-refractivity contribution in [2.45, 2.75) is 32.2 Å². The average Bonchev–Trinajstić information content (AvgIpc) is 3.24. The van der Waals surface area contributed by atoms with Crippen molar-refractivity contribution < 1.29 is 8.78 Å². The smallest absolute Gasteiger partial charge is 0.227 e. The third-order valence-electron chi connectivity index (χ3n) is 8.36. The maximum Gasteiger partial charge on any atom is 0.227 e. The molecule has 2 aromatic heterocycles. The number of fused-ring (bicyclic) bond motifs is 1. The predicted molar refractivity (Wildman–Crippen MR) is 138 cm³/mol. The Bertz CT molecular complexity index is 1490. The second-order valence-electron chi connectivity index (χ2n) is 11.2. The minimum Gasteiger partial charge on any atom is -0.373 e. The van der Waals surface area contributed by atoms with E-state index in [1.807, 2.05) is 24.9 Å². The Labute approximate surface area is 213 Å². The summed E-state index contributed by atoms with van der Waals surface area (Å²) in [6, 6.07) is 6.17. The minimum absolute atomic E-state index is 0.152. The first-order valence-electron chi connectivity index (χ1n) is 12.6. The van der Waals surface area contributed by atoms with E-state index in [1.165, 1.54) is 11.6 Å². The van der Waals surface area contributed by atoms with Gasteiger partial charge in [0.1, 0.15) is 23.8 Å². The van der Waals surface area contributed by atoms with Gasteiger partial charge in [0.2, 0.25) is 5.95 Å². The second-order valence-corrected chi connectivity index (χ2v) is 11.2. The van der Waals surface area contributed by atoms with E-state index < -0.39 is 11.6 Å². The largest absolute Gasteiger partial charge is 0.373 e. The summed E-state index contributed by atoms with van der Waals surface area (Å²) in [5, 5.41) is 6.83. The standard InChI is InChI=1S/C27H28F2N8/c1-14-7-20(32-13-31-14)36-10-17-22(16-9-27(16,17)12-36)33-25-34-23(30-4)21-24(35-25)37(11-26(21,2)3)15-5-6-18(28)19(29)8-15/h5-9,13,17,22H,10-12H2,1-4H3,(H2,30,33,34,35). The summed E-state index contributed by atoms with van der Waals surface area (Å²) in [4.78, 5) is 22.8. The third kappa shape index (κ3) is 3.17.